The highest BCUT2D eigenvalue weighted by molar-refractivity contribution is 5.85. The molecule has 2 aromatic rings. The molecule has 0 amide bonds. The summed E-state index contributed by atoms with van der Waals surface area (Å²) in [5.41, 5.74) is 0.838. The second-order valence-electron chi connectivity index (χ2n) is 3.99. The van der Waals surface area contributed by atoms with Crippen LogP contribution < -0.4 is 5.32 Å². The third kappa shape index (κ3) is 2.49. The number of pyridine rings is 1. The van der Waals surface area contributed by atoms with E-state index in [0.29, 0.717) is 24.7 Å². The Kier molecular flexibility index (Phi) is 3.88. The van der Waals surface area contributed by atoms with Crippen LogP contribution in [0.1, 0.15) is 18.4 Å². The van der Waals surface area contributed by atoms with Crippen LogP contribution in [0.25, 0.3) is 11.4 Å². The van der Waals surface area contributed by atoms with Crippen molar-refractivity contribution in [3.8, 4) is 11.4 Å². The van der Waals surface area contributed by atoms with Crippen molar-refractivity contribution in [2.45, 2.75) is 18.6 Å². The molecule has 3 rings (SSSR count). The summed E-state index contributed by atoms with van der Waals surface area (Å²) >= 11 is 0. The predicted octanol–water partition coefficient (Wildman–Crippen LogP) is 1.93. The lowest BCUT2D eigenvalue weighted by Gasteiger charge is -2.01. The Bertz CT molecular complexity index is 507. The average molecular weight is 271 g/mol. The van der Waals surface area contributed by atoms with Crippen molar-refractivity contribution in [3.05, 3.63) is 30.4 Å². The molecule has 1 aliphatic rings. The highest BCUT2D eigenvalue weighted by Crippen LogP contribution is 2.25. The van der Waals surface area contributed by atoms with Crippen LogP contribution in [0.2, 0.25) is 0 Å². The second kappa shape index (κ2) is 5.41. The molecule has 0 saturated carbocycles. The van der Waals surface area contributed by atoms with Gasteiger partial charge in [0.05, 0.1) is 6.04 Å². The van der Waals surface area contributed by atoms with E-state index in [1.807, 2.05) is 0 Å². The quantitative estimate of drug-likeness (QED) is 0.903. The number of halogens is 2. The van der Waals surface area contributed by atoms with E-state index in [0.717, 1.165) is 5.56 Å². The molecule has 1 N–H and O–H groups in total. The third-order valence-electron chi connectivity index (χ3n) is 2.76. The summed E-state index contributed by atoms with van der Waals surface area (Å²) in [5, 5.41) is 6.88. The van der Waals surface area contributed by atoms with E-state index in [-0.39, 0.29) is 18.4 Å². The number of alkyl halides is 1. The minimum absolute atomic E-state index is 0. The Morgan fingerprint density at radius 1 is 1.33 bits per heavy atom. The lowest BCUT2D eigenvalue weighted by atomic mass is 10.2. The van der Waals surface area contributed by atoms with Crippen molar-refractivity contribution in [3.63, 3.8) is 0 Å². The lowest BCUT2D eigenvalue weighted by molar-refractivity contribution is 0.324. The fraction of sp³-hybridized carbons (Fsp3) is 0.364. The molecule has 0 aromatic carbocycles. The summed E-state index contributed by atoms with van der Waals surface area (Å²) in [5.74, 6) is 0.948. The van der Waals surface area contributed by atoms with Gasteiger partial charge < -0.3 is 9.84 Å². The number of hydrogen-bond acceptors (Lipinski definition) is 5. The monoisotopic (exact) mass is 270 g/mol. The van der Waals surface area contributed by atoms with Gasteiger partial charge in [-0.2, -0.15) is 4.98 Å². The maximum atomic E-state index is 13.0. The molecule has 5 nitrogen and oxygen atoms in total. The van der Waals surface area contributed by atoms with E-state index in [2.05, 4.69) is 20.4 Å². The summed E-state index contributed by atoms with van der Waals surface area (Å²) in [6.07, 6.45) is 2.88. The first-order chi connectivity index (χ1) is 8.33. The number of rotatable bonds is 2. The molecule has 2 atom stereocenters. The highest BCUT2D eigenvalue weighted by atomic mass is 35.5. The van der Waals surface area contributed by atoms with Crippen LogP contribution in [0.5, 0.6) is 0 Å². The van der Waals surface area contributed by atoms with Crippen LogP contribution in [0.15, 0.2) is 29.0 Å². The maximum Gasteiger partial charge on any atom is 0.244 e. The molecule has 2 unspecified atom stereocenters. The van der Waals surface area contributed by atoms with Gasteiger partial charge >= 0.3 is 0 Å². The average Bonchev–Trinajstić information content (AvgIpc) is 2.98. The summed E-state index contributed by atoms with van der Waals surface area (Å²) in [7, 11) is 0. The SMILES string of the molecule is Cl.FC1CNC(c2nc(-c3ccncc3)no2)C1. The maximum absolute atomic E-state index is 13.0. The predicted molar refractivity (Wildman–Crippen MR) is 65.0 cm³/mol. The Hall–Kier alpha value is -1.53. The topological polar surface area (TPSA) is 63.8 Å². The number of aromatic nitrogens is 3. The zero-order valence-corrected chi connectivity index (χ0v) is 10.2. The summed E-state index contributed by atoms with van der Waals surface area (Å²) in [6, 6.07) is 3.43. The molecule has 7 heteroatoms. The second-order valence-corrected chi connectivity index (χ2v) is 3.99. The number of nitrogens with zero attached hydrogens (tertiary/aromatic N) is 3. The van der Waals surface area contributed by atoms with Gasteiger partial charge in [-0.15, -0.1) is 12.4 Å². The fourth-order valence-corrected chi connectivity index (χ4v) is 1.88. The summed E-state index contributed by atoms with van der Waals surface area (Å²) in [4.78, 5) is 8.18. The third-order valence-corrected chi connectivity index (χ3v) is 2.76. The van der Waals surface area contributed by atoms with Crippen LogP contribution in [-0.2, 0) is 0 Å². The molecule has 2 aromatic heterocycles. The molecule has 0 bridgehead atoms. The first kappa shape index (κ1) is 12.9. The van der Waals surface area contributed by atoms with Crippen LogP contribution in [0.3, 0.4) is 0 Å². The van der Waals surface area contributed by atoms with Gasteiger partial charge in [-0.3, -0.25) is 4.98 Å². The standard InChI is InChI=1S/C11H11FN4O.ClH/c12-8-5-9(14-6-8)11-15-10(16-17-11)7-1-3-13-4-2-7;/h1-4,8-9,14H,5-6H2;1H. The van der Waals surface area contributed by atoms with Crippen LogP contribution >= 0.6 is 12.4 Å². The van der Waals surface area contributed by atoms with Gasteiger partial charge in [0, 0.05) is 30.9 Å². The van der Waals surface area contributed by atoms with Crippen molar-refractivity contribution >= 4 is 12.4 Å². The molecule has 0 spiro atoms. The van der Waals surface area contributed by atoms with E-state index in [4.69, 9.17) is 4.52 Å². The Balaban J connectivity index is 0.00000120. The zero-order valence-electron chi connectivity index (χ0n) is 9.41. The molecule has 0 radical (unpaired) electrons. The molecule has 1 aliphatic heterocycles. The molecule has 1 fully saturated rings. The Morgan fingerprint density at radius 2 is 2.11 bits per heavy atom. The van der Waals surface area contributed by atoms with E-state index in [9.17, 15) is 4.39 Å². The van der Waals surface area contributed by atoms with Crippen molar-refractivity contribution in [2.75, 3.05) is 6.54 Å². The zero-order chi connectivity index (χ0) is 11.7. The first-order valence-corrected chi connectivity index (χ1v) is 5.44. The van der Waals surface area contributed by atoms with Crippen molar-refractivity contribution in [2.24, 2.45) is 0 Å². The van der Waals surface area contributed by atoms with E-state index in [1.165, 1.54) is 0 Å². The van der Waals surface area contributed by atoms with Crippen molar-refractivity contribution < 1.29 is 8.91 Å². The molecule has 96 valence electrons. The number of hydrogen-bond donors (Lipinski definition) is 1. The van der Waals surface area contributed by atoms with Gasteiger partial charge in [0.1, 0.15) is 6.17 Å². The minimum atomic E-state index is -0.837. The van der Waals surface area contributed by atoms with Crippen LogP contribution in [0.4, 0.5) is 4.39 Å². The molecule has 18 heavy (non-hydrogen) atoms. The lowest BCUT2D eigenvalue weighted by Crippen LogP contribution is -2.14. The number of nitrogens with one attached hydrogen (secondary N) is 1. The summed E-state index contributed by atoms with van der Waals surface area (Å²) < 4.78 is 18.2. The molecular weight excluding hydrogens is 259 g/mol. The fourth-order valence-electron chi connectivity index (χ4n) is 1.88. The Labute approximate surface area is 109 Å². The van der Waals surface area contributed by atoms with Gasteiger partial charge in [-0.1, -0.05) is 5.16 Å². The first-order valence-electron chi connectivity index (χ1n) is 5.44. The smallest absolute Gasteiger partial charge is 0.244 e. The summed E-state index contributed by atoms with van der Waals surface area (Å²) in [6.45, 7) is 0.345. The molecule has 0 aliphatic carbocycles. The Morgan fingerprint density at radius 3 is 2.78 bits per heavy atom. The van der Waals surface area contributed by atoms with Crippen molar-refractivity contribution in [1.29, 1.82) is 0 Å². The highest BCUT2D eigenvalue weighted by Gasteiger charge is 2.29. The van der Waals surface area contributed by atoms with Gasteiger partial charge in [-0.25, -0.2) is 4.39 Å². The molecule has 3 heterocycles. The van der Waals surface area contributed by atoms with Gasteiger partial charge in [0.25, 0.3) is 0 Å². The van der Waals surface area contributed by atoms with E-state index >= 15 is 0 Å². The molecular formula is C11H12ClFN4O. The van der Waals surface area contributed by atoms with Crippen LogP contribution in [-0.4, -0.2) is 27.8 Å². The van der Waals surface area contributed by atoms with Gasteiger partial charge in [0.15, 0.2) is 0 Å². The largest absolute Gasteiger partial charge is 0.337 e. The normalized spacial score (nSPS) is 22.7. The van der Waals surface area contributed by atoms with Gasteiger partial charge in [0.2, 0.25) is 11.7 Å². The van der Waals surface area contributed by atoms with Crippen LogP contribution in [0, 0.1) is 0 Å². The van der Waals surface area contributed by atoms with E-state index in [1.54, 1.807) is 24.5 Å². The van der Waals surface area contributed by atoms with E-state index < -0.39 is 6.17 Å². The van der Waals surface area contributed by atoms with Gasteiger partial charge in [-0.05, 0) is 12.1 Å². The van der Waals surface area contributed by atoms with Crippen molar-refractivity contribution in [1.82, 2.24) is 20.4 Å². The molecule has 1 saturated heterocycles. The minimum Gasteiger partial charge on any atom is -0.337 e.